The zero-order valence-electron chi connectivity index (χ0n) is 10.2. The van der Waals surface area contributed by atoms with Gasteiger partial charge in [-0.1, -0.05) is 0 Å². The number of nitrogens with two attached hydrogens (primary N) is 1. The van der Waals surface area contributed by atoms with E-state index in [0.717, 1.165) is 28.4 Å². The summed E-state index contributed by atoms with van der Waals surface area (Å²) in [5, 5.41) is 0. The van der Waals surface area contributed by atoms with Gasteiger partial charge in [0.15, 0.2) is 0 Å². The van der Waals surface area contributed by atoms with Crippen molar-refractivity contribution in [3.8, 4) is 17.0 Å². The van der Waals surface area contributed by atoms with E-state index in [0.29, 0.717) is 5.82 Å². The lowest BCUT2D eigenvalue weighted by atomic mass is 10.1. The monoisotopic (exact) mass is 229 g/mol. The van der Waals surface area contributed by atoms with Crippen molar-refractivity contribution in [1.82, 2.24) is 9.97 Å². The van der Waals surface area contributed by atoms with E-state index in [1.54, 1.807) is 7.11 Å². The normalized spacial score (nSPS) is 10.3. The van der Waals surface area contributed by atoms with Crippen molar-refractivity contribution in [3.05, 3.63) is 35.7 Å². The Bertz CT molecular complexity index is 535. The van der Waals surface area contributed by atoms with Crippen molar-refractivity contribution >= 4 is 5.82 Å². The van der Waals surface area contributed by atoms with Crippen molar-refractivity contribution < 1.29 is 4.74 Å². The van der Waals surface area contributed by atoms with Gasteiger partial charge >= 0.3 is 0 Å². The molecule has 0 atom stereocenters. The summed E-state index contributed by atoms with van der Waals surface area (Å²) in [6.45, 7) is 3.82. The Morgan fingerprint density at radius 1 is 1.00 bits per heavy atom. The number of anilines is 1. The Balaban J connectivity index is 2.48. The summed E-state index contributed by atoms with van der Waals surface area (Å²) < 4.78 is 5.11. The predicted molar refractivity (Wildman–Crippen MR) is 67.9 cm³/mol. The molecule has 0 aliphatic heterocycles. The molecular formula is C13H15N3O. The molecule has 0 unspecified atom stereocenters. The van der Waals surface area contributed by atoms with Crippen molar-refractivity contribution in [1.29, 1.82) is 0 Å². The third-order valence-electron chi connectivity index (χ3n) is 2.70. The maximum absolute atomic E-state index is 5.89. The standard InChI is InChI=1S/C13H15N3O/c1-8-9(2)16-13(14)12(15-8)10-4-6-11(17-3)7-5-10/h4-7H,1-3H3,(H2,14,16). The minimum Gasteiger partial charge on any atom is -0.497 e. The number of rotatable bonds is 2. The maximum Gasteiger partial charge on any atom is 0.150 e. The second-order valence-corrected chi connectivity index (χ2v) is 3.86. The molecule has 0 saturated heterocycles. The molecule has 0 fully saturated rings. The fraction of sp³-hybridized carbons (Fsp3) is 0.231. The van der Waals surface area contributed by atoms with Crippen molar-refractivity contribution in [2.75, 3.05) is 12.8 Å². The molecule has 0 radical (unpaired) electrons. The van der Waals surface area contributed by atoms with Crippen LogP contribution in [-0.2, 0) is 0 Å². The van der Waals surface area contributed by atoms with Crippen LogP contribution >= 0.6 is 0 Å². The molecule has 2 N–H and O–H groups in total. The van der Waals surface area contributed by atoms with Crippen LogP contribution in [0, 0.1) is 13.8 Å². The molecule has 0 aliphatic rings. The van der Waals surface area contributed by atoms with Gasteiger partial charge in [0, 0.05) is 5.56 Å². The van der Waals surface area contributed by atoms with Crippen LogP contribution in [0.25, 0.3) is 11.3 Å². The maximum atomic E-state index is 5.89. The number of nitrogen functional groups attached to an aromatic ring is 1. The Kier molecular flexibility index (Phi) is 2.95. The smallest absolute Gasteiger partial charge is 0.150 e. The number of ether oxygens (including phenoxy) is 1. The first-order valence-electron chi connectivity index (χ1n) is 5.37. The highest BCUT2D eigenvalue weighted by Gasteiger charge is 2.08. The third-order valence-corrected chi connectivity index (χ3v) is 2.70. The highest BCUT2D eigenvalue weighted by atomic mass is 16.5. The minimum atomic E-state index is 0.457. The number of hydrogen-bond donors (Lipinski definition) is 1. The number of aromatic nitrogens is 2. The molecule has 4 heteroatoms. The lowest BCUT2D eigenvalue weighted by Gasteiger charge is -2.08. The second kappa shape index (κ2) is 4.41. The van der Waals surface area contributed by atoms with E-state index < -0.39 is 0 Å². The Morgan fingerprint density at radius 2 is 1.59 bits per heavy atom. The fourth-order valence-corrected chi connectivity index (χ4v) is 1.58. The van der Waals surface area contributed by atoms with Gasteiger partial charge in [0.25, 0.3) is 0 Å². The SMILES string of the molecule is COc1ccc(-c2nc(C)c(C)nc2N)cc1. The molecule has 0 saturated carbocycles. The van der Waals surface area contributed by atoms with Crippen molar-refractivity contribution in [3.63, 3.8) is 0 Å². The van der Waals surface area contributed by atoms with Gasteiger partial charge in [-0.25, -0.2) is 9.97 Å². The highest BCUT2D eigenvalue weighted by molar-refractivity contribution is 5.70. The average molecular weight is 229 g/mol. The number of hydrogen-bond acceptors (Lipinski definition) is 4. The number of nitrogens with zero attached hydrogens (tertiary/aromatic N) is 2. The highest BCUT2D eigenvalue weighted by Crippen LogP contribution is 2.25. The Hall–Kier alpha value is -2.10. The zero-order valence-corrected chi connectivity index (χ0v) is 10.2. The van der Waals surface area contributed by atoms with Crippen LogP contribution in [0.5, 0.6) is 5.75 Å². The molecule has 1 aromatic heterocycles. The van der Waals surface area contributed by atoms with Gasteiger partial charge in [0.05, 0.1) is 18.5 Å². The Labute approximate surface area is 100 Å². The third kappa shape index (κ3) is 2.20. The van der Waals surface area contributed by atoms with E-state index in [1.807, 2.05) is 38.1 Å². The number of aryl methyl sites for hydroxylation is 2. The molecule has 1 heterocycles. The lowest BCUT2D eigenvalue weighted by molar-refractivity contribution is 0.415. The molecule has 1 aromatic carbocycles. The van der Waals surface area contributed by atoms with Gasteiger partial charge in [-0.3, -0.25) is 0 Å². The van der Waals surface area contributed by atoms with E-state index in [2.05, 4.69) is 9.97 Å². The van der Waals surface area contributed by atoms with E-state index in [1.165, 1.54) is 0 Å². The fourth-order valence-electron chi connectivity index (χ4n) is 1.58. The Morgan fingerprint density at radius 3 is 2.18 bits per heavy atom. The van der Waals surface area contributed by atoms with Crippen LogP contribution in [0.4, 0.5) is 5.82 Å². The predicted octanol–water partition coefficient (Wildman–Crippen LogP) is 2.35. The van der Waals surface area contributed by atoms with Gasteiger partial charge in [0.1, 0.15) is 17.3 Å². The van der Waals surface area contributed by atoms with Gasteiger partial charge in [-0.05, 0) is 38.1 Å². The van der Waals surface area contributed by atoms with Gasteiger partial charge < -0.3 is 10.5 Å². The van der Waals surface area contributed by atoms with E-state index in [9.17, 15) is 0 Å². The topological polar surface area (TPSA) is 61.0 Å². The molecule has 2 rings (SSSR count). The zero-order chi connectivity index (χ0) is 12.4. The summed E-state index contributed by atoms with van der Waals surface area (Å²) in [6, 6.07) is 7.61. The molecule has 4 nitrogen and oxygen atoms in total. The summed E-state index contributed by atoms with van der Waals surface area (Å²) in [4.78, 5) is 8.75. The molecule has 2 aromatic rings. The molecule has 0 bridgehead atoms. The summed E-state index contributed by atoms with van der Waals surface area (Å²) >= 11 is 0. The van der Waals surface area contributed by atoms with Crippen LogP contribution in [0.2, 0.25) is 0 Å². The molecule has 0 amide bonds. The molecule has 0 spiro atoms. The molecular weight excluding hydrogens is 214 g/mol. The van der Waals surface area contributed by atoms with Crippen molar-refractivity contribution in [2.24, 2.45) is 0 Å². The molecule has 17 heavy (non-hydrogen) atoms. The number of methoxy groups -OCH3 is 1. The minimum absolute atomic E-state index is 0.457. The quantitative estimate of drug-likeness (QED) is 0.858. The second-order valence-electron chi connectivity index (χ2n) is 3.86. The van der Waals surface area contributed by atoms with Crippen molar-refractivity contribution in [2.45, 2.75) is 13.8 Å². The van der Waals surface area contributed by atoms with Gasteiger partial charge in [0.2, 0.25) is 0 Å². The lowest BCUT2D eigenvalue weighted by Crippen LogP contribution is -2.02. The summed E-state index contributed by atoms with van der Waals surface area (Å²) in [5.74, 6) is 1.27. The van der Waals surface area contributed by atoms with Crippen LogP contribution in [-0.4, -0.2) is 17.1 Å². The van der Waals surface area contributed by atoms with Crippen LogP contribution < -0.4 is 10.5 Å². The van der Waals surface area contributed by atoms with E-state index >= 15 is 0 Å². The van der Waals surface area contributed by atoms with Crippen LogP contribution in [0.1, 0.15) is 11.4 Å². The van der Waals surface area contributed by atoms with Crippen LogP contribution in [0.3, 0.4) is 0 Å². The van der Waals surface area contributed by atoms with Gasteiger partial charge in [-0.2, -0.15) is 0 Å². The molecule has 88 valence electrons. The van der Waals surface area contributed by atoms with Gasteiger partial charge in [-0.15, -0.1) is 0 Å². The summed E-state index contributed by atoms with van der Waals surface area (Å²) in [6.07, 6.45) is 0. The largest absolute Gasteiger partial charge is 0.497 e. The van der Waals surface area contributed by atoms with E-state index in [-0.39, 0.29) is 0 Å². The first kappa shape index (κ1) is 11.4. The van der Waals surface area contributed by atoms with E-state index in [4.69, 9.17) is 10.5 Å². The first-order chi connectivity index (χ1) is 8.11. The summed E-state index contributed by atoms with van der Waals surface area (Å²) in [5.41, 5.74) is 9.30. The first-order valence-corrected chi connectivity index (χ1v) is 5.37. The number of benzene rings is 1. The van der Waals surface area contributed by atoms with Crippen LogP contribution in [0.15, 0.2) is 24.3 Å². The average Bonchev–Trinajstić information content (AvgIpc) is 2.34. The summed E-state index contributed by atoms with van der Waals surface area (Å²) in [7, 11) is 1.64. The molecule has 0 aliphatic carbocycles.